The molecule has 0 bridgehead atoms. The van der Waals surface area contributed by atoms with Crippen LogP contribution in [0.25, 0.3) is 10.9 Å². The van der Waals surface area contributed by atoms with Crippen molar-refractivity contribution < 1.29 is 9.66 Å². The molecule has 0 atom stereocenters. The number of para-hydroxylation sites is 1. The molecule has 0 radical (unpaired) electrons. The molecule has 1 fully saturated rings. The molecule has 2 aromatic carbocycles. The van der Waals surface area contributed by atoms with Crippen molar-refractivity contribution in [2.75, 3.05) is 36.7 Å². The summed E-state index contributed by atoms with van der Waals surface area (Å²) in [6.07, 6.45) is 3.78. The highest BCUT2D eigenvalue weighted by molar-refractivity contribution is 7.80. The van der Waals surface area contributed by atoms with Gasteiger partial charge >= 0.3 is 0 Å². The van der Waals surface area contributed by atoms with Crippen molar-refractivity contribution >= 4 is 51.4 Å². The lowest BCUT2D eigenvalue weighted by Gasteiger charge is -2.30. The second-order valence-corrected chi connectivity index (χ2v) is 9.12. The number of nitro benzene ring substituents is 1. The van der Waals surface area contributed by atoms with Gasteiger partial charge in [0.1, 0.15) is 11.6 Å². The average molecular weight is 496 g/mol. The Morgan fingerprint density at radius 3 is 2.51 bits per heavy atom. The molecule has 1 heterocycles. The number of benzene rings is 2. The summed E-state index contributed by atoms with van der Waals surface area (Å²) >= 11 is 5.47. The minimum atomic E-state index is -0.459. The van der Waals surface area contributed by atoms with Crippen LogP contribution in [0.4, 0.5) is 23.1 Å². The van der Waals surface area contributed by atoms with Crippen LogP contribution in [-0.2, 0) is 0 Å². The fraction of sp³-hybridized carbons (Fsp3) is 0.375. The van der Waals surface area contributed by atoms with Gasteiger partial charge in [0.05, 0.1) is 29.3 Å². The minimum Gasteiger partial charge on any atom is -0.494 e. The van der Waals surface area contributed by atoms with Crippen LogP contribution in [0.5, 0.6) is 5.75 Å². The van der Waals surface area contributed by atoms with E-state index >= 15 is 0 Å². The van der Waals surface area contributed by atoms with E-state index in [4.69, 9.17) is 26.9 Å². The molecule has 3 aromatic rings. The maximum absolute atomic E-state index is 11.0. The van der Waals surface area contributed by atoms with Crippen molar-refractivity contribution in [2.24, 2.45) is 0 Å². The molecule has 1 aliphatic carbocycles. The van der Waals surface area contributed by atoms with Crippen LogP contribution < -0.4 is 25.6 Å². The largest absolute Gasteiger partial charge is 0.494 e. The smallest absolute Gasteiger partial charge is 0.273 e. The molecule has 4 rings (SSSR count). The van der Waals surface area contributed by atoms with E-state index in [-0.39, 0.29) is 17.8 Å². The number of aromatic nitrogens is 2. The number of nitrogens with zero attached hydrogens (tertiary/aromatic N) is 4. The zero-order valence-corrected chi connectivity index (χ0v) is 20.8. The number of rotatable bonds is 7. The lowest BCUT2D eigenvalue weighted by Crippen LogP contribution is -2.42. The molecule has 0 amide bonds. The number of methoxy groups -OCH3 is 1. The van der Waals surface area contributed by atoms with Crippen LogP contribution in [0.2, 0.25) is 0 Å². The molecule has 1 aliphatic rings. The standard InChI is InChI=1S/C24H29N7O3S/c1-30(2)22-18-6-4-5-7-19(18)27-23(29-22)25-15-8-10-16(11-9-15)26-24(35)28-20-13-12-17(31(32)33)14-21(20)34-3/h4-7,12-16H,8-11H2,1-3H3,(H,25,27,29)(H2,26,28,35). The molecule has 0 unspecified atom stereocenters. The van der Waals surface area contributed by atoms with E-state index in [1.54, 1.807) is 6.07 Å². The lowest BCUT2D eigenvalue weighted by atomic mass is 9.91. The molecular weight excluding hydrogens is 466 g/mol. The summed E-state index contributed by atoms with van der Waals surface area (Å²) in [4.78, 5) is 22.0. The number of hydrogen-bond acceptors (Lipinski definition) is 8. The third kappa shape index (κ3) is 5.86. The van der Waals surface area contributed by atoms with Gasteiger partial charge in [-0.1, -0.05) is 12.1 Å². The normalized spacial score (nSPS) is 17.5. The minimum absolute atomic E-state index is 0.0369. The van der Waals surface area contributed by atoms with Gasteiger partial charge in [-0.2, -0.15) is 4.98 Å². The first-order valence-electron chi connectivity index (χ1n) is 11.4. The predicted molar refractivity (Wildman–Crippen MR) is 143 cm³/mol. The molecule has 3 N–H and O–H groups in total. The van der Waals surface area contributed by atoms with Crippen molar-refractivity contribution in [3.8, 4) is 5.75 Å². The Morgan fingerprint density at radius 1 is 1.11 bits per heavy atom. The molecule has 0 saturated heterocycles. The molecule has 35 heavy (non-hydrogen) atoms. The summed E-state index contributed by atoms with van der Waals surface area (Å²) in [5.74, 6) is 1.90. The summed E-state index contributed by atoms with van der Waals surface area (Å²) in [6, 6.07) is 12.9. The summed E-state index contributed by atoms with van der Waals surface area (Å²) in [7, 11) is 5.44. The first-order valence-corrected chi connectivity index (χ1v) is 11.9. The van der Waals surface area contributed by atoms with Crippen molar-refractivity contribution in [3.63, 3.8) is 0 Å². The van der Waals surface area contributed by atoms with E-state index in [0.717, 1.165) is 42.4 Å². The number of nitrogens with one attached hydrogen (secondary N) is 3. The van der Waals surface area contributed by atoms with Crippen molar-refractivity contribution in [3.05, 3.63) is 52.6 Å². The SMILES string of the molecule is COc1cc([N+](=O)[O-])ccc1NC(=S)NC1CCC(Nc2nc(N(C)C)c3ccccc3n2)CC1. The van der Waals surface area contributed by atoms with Crippen molar-refractivity contribution in [1.29, 1.82) is 0 Å². The Kier molecular flexibility index (Phi) is 7.45. The number of hydrogen-bond donors (Lipinski definition) is 3. The maximum atomic E-state index is 11.0. The van der Waals surface area contributed by atoms with Crippen LogP contribution >= 0.6 is 12.2 Å². The molecular formula is C24H29N7O3S. The van der Waals surface area contributed by atoms with E-state index in [1.807, 2.05) is 43.3 Å². The number of thiocarbonyl (C=S) groups is 1. The van der Waals surface area contributed by atoms with Gasteiger partial charge in [0, 0.05) is 37.6 Å². The van der Waals surface area contributed by atoms with Gasteiger partial charge in [0.15, 0.2) is 5.11 Å². The fourth-order valence-electron chi connectivity index (χ4n) is 4.27. The van der Waals surface area contributed by atoms with Crippen LogP contribution in [0.15, 0.2) is 42.5 Å². The molecule has 10 nitrogen and oxygen atoms in total. The second kappa shape index (κ2) is 10.7. The predicted octanol–water partition coefficient (Wildman–Crippen LogP) is 4.32. The van der Waals surface area contributed by atoms with Gasteiger partial charge < -0.3 is 25.6 Å². The highest BCUT2D eigenvalue weighted by atomic mass is 32.1. The molecule has 0 spiro atoms. The van der Waals surface area contributed by atoms with Crippen LogP contribution in [0.1, 0.15) is 25.7 Å². The van der Waals surface area contributed by atoms with Gasteiger partial charge in [0.2, 0.25) is 5.95 Å². The average Bonchev–Trinajstić information content (AvgIpc) is 2.84. The molecule has 1 saturated carbocycles. The van der Waals surface area contributed by atoms with E-state index < -0.39 is 4.92 Å². The number of nitro groups is 1. The first-order chi connectivity index (χ1) is 16.8. The quantitative estimate of drug-likeness (QED) is 0.248. The Bertz CT molecular complexity index is 1230. The van der Waals surface area contributed by atoms with Gasteiger partial charge in [0.25, 0.3) is 5.69 Å². The summed E-state index contributed by atoms with van der Waals surface area (Å²) < 4.78 is 5.27. The second-order valence-electron chi connectivity index (χ2n) is 8.72. The lowest BCUT2D eigenvalue weighted by molar-refractivity contribution is -0.384. The number of non-ortho nitro benzene ring substituents is 1. The Balaban J connectivity index is 1.32. The van der Waals surface area contributed by atoms with Gasteiger partial charge in [-0.3, -0.25) is 10.1 Å². The Labute approximate surface area is 209 Å². The van der Waals surface area contributed by atoms with Crippen LogP contribution in [0, 0.1) is 10.1 Å². The number of anilines is 3. The molecule has 184 valence electrons. The zero-order valence-electron chi connectivity index (χ0n) is 19.9. The van der Waals surface area contributed by atoms with Crippen molar-refractivity contribution in [2.45, 2.75) is 37.8 Å². The molecule has 11 heteroatoms. The van der Waals surface area contributed by atoms with Crippen molar-refractivity contribution in [1.82, 2.24) is 15.3 Å². The molecule has 0 aliphatic heterocycles. The van der Waals surface area contributed by atoms with E-state index in [1.165, 1.54) is 19.2 Å². The van der Waals surface area contributed by atoms with Crippen LogP contribution in [-0.4, -0.2) is 53.3 Å². The van der Waals surface area contributed by atoms with E-state index in [2.05, 4.69) is 16.0 Å². The van der Waals surface area contributed by atoms with E-state index in [0.29, 0.717) is 22.5 Å². The zero-order chi connectivity index (χ0) is 24.9. The van der Waals surface area contributed by atoms with E-state index in [9.17, 15) is 10.1 Å². The number of ether oxygens (including phenoxy) is 1. The highest BCUT2D eigenvalue weighted by Gasteiger charge is 2.23. The summed E-state index contributed by atoms with van der Waals surface area (Å²) in [5.41, 5.74) is 1.46. The van der Waals surface area contributed by atoms with Gasteiger partial charge in [-0.15, -0.1) is 0 Å². The first kappa shape index (κ1) is 24.4. The Hall–Kier alpha value is -3.73. The highest BCUT2D eigenvalue weighted by Crippen LogP contribution is 2.29. The monoisotopic (exact) mass is 495 g/mol. The van der Waals surface area contributed by atoms with Gasteiger partial charge in [-0.05, 0) is 56.1 Å². The number of fused-ring (bicyclic) bond motifs is 1. The maximum Gasteiger partial charge on any atom is 0.273 e. The Morgan fingerprint density at radius 2 is 1.83 bits per heavy atom. The summed E-state index contributed by atoms with van der Waals surface area (Å²) in [6.45, 7) is 0. The fourth-order valence-corrected chi connectivity index (χ4v) is 4.55. The topological polar surface area (TPSA) is 117 Å². The van der Waals surface area contributed by atoms with Gasteiger partial charge in [-0.25, -0.2) is 4.98 Å². The third-order valence-corrected chi connectivity index (χ3v) is 6.27. The summed E-state index contributed by atoms with van der Waals surface area (Å²) in [5, 5.41) is 22.4. The third-order valence-electron chi connectivity index (χ3n) is 6.05. The van der Waals surface area contributed by atoms with Crippen LogP contribution in [0.3, 0.4) is 0 Å². The molecule has 1 aromatic heterocycles.